The minimum atomic E-state index is -0.926. The molecule has 1 aromatic carbocycles. The number of carbonyl (C=O) groups excluding carboxylic acids is 1. The fourth-order valence-electron chi connectivity index (χ4n) is 1.93. The summed E-state index contributed by atoms with van der Waals surface area (Å²) in [5.74, 6) is -1.20. The van der Waals surface area contributed by atoms with E-state index in [0.29, 0.717) is 0 Å². The van der Waals surface area contributed by atoms with Crippen LogP contribution in [0.4, 0.5) is 0 Å². The van der Waals surface area contributed by atoms with Crippen LogP contribution in [0.3, 0.4) is 0 Å². The van der Waals surface area contributed by atoms with Crippen LogP contribution in [0.5, 0.6) is 5.75 Å². The Kier molecular flexibility index (Phi) is 3.50. The van der Waals surface area contributed by atoms with Gasteiger partial charge in [-0.1, -0.05) is 12.1 Å². The fourth-order valence-corrected chi connectivity index (χ4v) is 1.93. The summed E-state index contributed by atoms with van der Waals surface area (Å²) in [6, 6.07) is 5.86. The molecule has 1 aliphatic rings. The highest BCUT2D eigenvalue weighted by molar-refractivity contribution is 5.97. The van der Waals surface area contributed by atoms with Crippen LogP contribution in [-0.4, -0.2) is 28.1 Å². The minimum Gasteiger partial charge on any atom is -0.507 e. The van der Waals surface area contributed by atoms with Crippen LogP contribution in [0.25, 0.3) is 0 Å². The highest BCUT2D eigenvalue weighted by atomic mass is 16.4. The third-order valence-corrected chi connectivity index (χ3v) is 3.05. The van der Waals surface area contributed by atoms with E-state index in [-0.39, 0.29) is 29.7 Å². The van der Waals surface area contributed by atoms with E-state index in [9.17, 15) is 14.7 Å². The smallest absolute Gasteiger partial charge is 0.305 e. The number of phenols is 1. The number of carbonyl (C=O) groups is 2. The molecule has 0 saturated heterocycles. The first kappa shape index (κ1) is 12.4. The number of rotatable bonds is 5. The molecule has 1 amide bonds. The minimum absolute atomic E-state index is 0.0794. The van der Waals surface area contributed by atoms with Crippen molar-refractivity contribution in [2.24, 2.45) is 5.92 Å². The first-order valence-electron chi connectivity index (χ1n) is 5.88. The Hall–Kier alpha value is -2.04. The fraction of sp³-hybridized carbons (Fsp3) is 0.385. The maximum Gasteiger partial charge on any atom is 0.305 e. The van der Waals surface area contributed by atoms with Gasteiger partial charge in [-0.05, 0) is 30.9 Å². The van der Waals surface area contributed by atoms with Crippen molar-refractivity contribution in [3.8, 4) is 5.75 Å². The largest absolute Gasteiger partial charge is 0.507 e. The summed E-state index contributed by atoms with van der Waals surface area (Å²) < 4.78 is 0. The normalized spacial score (nSPS) is 16.0. The van der Waals surface area contributed by atoms with Crippen molar-refractivity contribution in [2.75, 3.05) is 0 Å². The number of nitrogens with one attached hydrogen (secondary N) is 1. The molecule has 1 aliphatic carbocycles. The first-order valence-corrected chi connectivity index (χ1v) is 5.88. The number of aliphatic carboxylic acids is 1. The van der Waals surface area contributed by atoms with Crippen LogP contribution in [-0.2, 0) is 4.79 Å². The molecule has 5 heteroatoms. The summed E-state index contributed by atoms with van der Waals surface area (Å²) in [7, 11) is 0. The van der Waals surface area contributed by atoms with Gasteiger partial charge in [0.15, 0.2) is 0 Å². The standard InChI is InChI=1S/C13H15NO4/c15-11-4-2-1-3-9(11)13(18)14-10(7-12(16)17)8-5-6-8/h1-4,8,10,15H,5-7H2,(H,14,18)(H,16,17). The summed E-state index contributed by atoms with van der Waals surface area (Å²) in [6.45, 7) is 0. The molecular weight excluding hydrogens is 234 g/mol. The Bertz CT molecular complexity index is 468. The van der Waals surface area contributed by atoms with Crippen molar-refractivity contribution >= 4 is 11.9 Å². The molecule has 1 aromatic rings. The number of aromatic hydroxyl groups is 1. The lowest BCUT2D eigenvalue weighted by Gasteiger charge is -2.16. The quantitative estimate of drug-likeness (QED) is 0.735. The Morgan fingerprint density at radius 1 is 1.33 bits per heavy atom. The zero-order valence-corrected chi connectivity index (χ0v) is 9.80. The van der Waals surface area contributed by atoms with E-state index in [4.69, 9.17) is 5.11 Å². The number of para-hydroxylation sites is 1. The maximum atomic E-state index is 11.9. The van der Waals surface area contributed by atoms with Crippen molar-refractivity contribution in [1.82, 2.24) is 5.32 Å². The molecule has 0 spiro atoms. The Labute approximate surface area is 104 Å². The SMILES string of the molecule is O=C(O)CC(NC(=O)c1ccccc1O)C1CC1. The van der Waals surface area contributed by atoms with Gasteiger partial charge >= 0.3 is 5.97 Å². The molecule has 5 nitrogen and oxygen atoms in total. The predicted molar refractivity (Wildman–Crippen MR) is 64.3 cm³/mol. The second kappa shape index (κ2) is 5.08. The van der Waals surface area contributed by atoms with Crippen LogP contribution in [0, 0.1) is 5.92 Å². The lowest BCUT2D eigenvalue weighted by atomic mass is 10.1. The molecule has 96 valence electrons. The Morgan fingerprint density at radius 2 is 2.00 bits per heavy atom. The van der Waals surface area contributed by atoms with E-state index in [2.05, 4.69) is 5.32 Å². The van der Waals surface area contributed by atoms with E-state index in [1.54, 1.807) is 12.1 Å². The van der Waals surface area contributed by atoms with Gasteiger partial charge in [0.05, 0.1) is 12.0 Å². The van der Waals surface area contributed by atoms with Crippen molar-refractivity contribution in [1.29, 1.82) is 0 Å². The average Bonchev–Trinajstić information content (AvgIpc) is 3.11. The zero-order chi connectivity index (χ0) is 13.1. The molecule has 0 aliphatic heterocycles. The number of carboxylic acids is 1. The number of hydrogen-bond acceptors (Lipinski definition) is 3. The summed E-state index contributed by atoms with van der Waals surface area (Å²) in [5.41, 5.74) is 0.175. The molecule has 1 atom stereocenters. The van der Waals surface area contributed by atoms with Gasteiger partial charge in [-0.3, -0.25) is 9.59 Å². The van der Waals surface area contributed by atoms with E-state index in [1.165, 1.54) is 12.1 Å². The zero-order valence-electron chi connectivity index (χ0n) is 9.80. The molecule has 1 fully saturated rings. The predicted octanol–water partition coefficient (Wildman–Crippen LogP) is 1.38. The topological polar surface area (TPSA) is 86.6 Å². The van der Waals surface area contributed by atoms with Gasteiger partial charge in [-0.25, -0.2) is 0 Å². The third kappa shape index (κ3) is 3.00. The second-order valence-electron chi connectivity index (χ2n) is 4.53. The van der Waals surface area contributed by atoms with E-state index in [0.717, 1.165) is 12.8 Å². The maximum absolute atomic E-state index is 11.9. The summed E-state index contributed by atoms with van der Waals surface area (Å²) in [5, 5.41) is 21.0. The van der Waals surface area contributed by atoms with Gasteiger partial charge < -0.3 is 15.5 Å². The third-order valence-electron chi connectivity index (χ3n) is 3.05. The van der Waals surface area contributed by atoms with E-state index >= 15 is 0 Å². The number of hydrogen-bond donors (Lipinski definition) is 3. The number of benzene rings is 1. The molecule has 18 heavy (non-hydrogen) atoms. The molecule has 1 saturated carbocycles. The molecule has 0 aromatic heterocycles. The summed E-state index contributed by atoms with van der Waals surface area (Å²) in [6.07, 6.45) is 1.81. The summed E-state index contributed by atoms with van der Waals surface area (Å²) in [4.78, 5) is 22.7. The van der Waals surface area contributed by atoms with Crippen LogP contribution in [0.15, 0.2) is 24.3 Å². The van der Waals surface area contributed by atoms with E-state index < -0.39 is 11.9 Å². The van der Waals surface area contributed by atoms with Crippen molar-refractivity contribution < 1.29 is 19.8 Å². The second-order valence-corrected chi connectivity index (χ2v) is 4.53. The average molecular weight is 249 g/mol. The van der Waals surface area contributed by atoms with Crippen molar-refractivity contribution in [3.05, 3.63) is 29.8 Å². The van der Waals surface area contributed by atoms with Gasteiger partial charge in [0.2, 0.25) is 0 Å². The van der Waals surface area contributed by atoms with Crippen LogP contribution in [0.1, 0.15) is 29.6 Å². The molecule has 3 N–H and O–H groups in total. The molecule has 0 radical (unpaired) electrons. The Morgan fingerprint density at radius 3 is 2.56 bits per heavy atom. The molecule has 1 unspecified atom stereocenters. The van der Waals surface area contributed by atoms with Gasteiger partial charge in [-0.2, -0.15) is 0 Å². The lowest BCUT2D eigenvalue weighted by Crippen LogP contribution is -2.38. The summed E-state index contributed by atoms with van der Waals surface area (Å²) >= 11 is 0. The van der Waals surface area contributed by atoms with Gasteiger partial charge in [0, 0.05) is 6.04 Å². The van der Waals surface area contributed by atoms with Crippen molar-refractivity contribution in [2.45, 2.75) is 25.3 Å². The molecular formula is C13H15NO4. The van der Waals surface area contributed by atoms with Crippen LogP contribution in [0.2, 0.25) is 0 Å². The number of amides is 1. The van der Waals surface area contributed by atoms with Crippen molar-refractivity contribution in [3.63, 3.8) is 0 Å². The number of carboxylic acid groups (broad SMARTS) is 1. The molecule has 0 bridgehead atoms. The van der Waals surface area contributed by atoms with Gasteiger partial charge in [0.25, 0.3) is 5.91 Å². The highest BCUT2D eigenvalue weighted by Gasteiger charge is 2.34. The molecule has 0 heterocycles. The number of phenolic OH excluding ortho intramolecular Hbond substituents is 1. The van der Waals surface area contributed by atoms with Crippen LogP contribution < -0.4 is 5.32 Å². The molecule has 2 rings (SSSR count). The van der Waals surface area contributed by atoms with Crippen LogP contribution >= 0.6 is 0 Å². The first-order chi connectivity index (χ1) is 8.58. The lowest BCUT2D eigenvalue weighted by molar-refractivity contribution is -0.137. The van der Waals surface area contributed by atoms with E-state index in [1.807, 2.05) is 0 Å². The Balaban J connectivity index is 2.05. The monoisotopic (exact) mass is 249 g/mol. The van der Waals surface area contributed by atoms with Gasteiger partial charge in [0.1, 0.15) is 5.75 Å². The van der Waals surface area contributed by atoms with Gasteiger partial charge in [-0.15, -0.1) is 0 Å². The highest BCUT2D eigenvalue weighted by Crippen LogP contribution is 2.34.